The molecule has 144 valence electrons. The van der Waals surface area contributed by atoms with Crippen molar-refractivity contribution in [2.45, 2.75) is 6.42 Å². The van der Waals surface area contributed by atoms with E-state index in [-0.39, 0.29) is 0 Å². The molecule has 7 heteroatoms. The van der Waals surface area contributed by atoms with E-state index in [4.69, 9.17) is 4.74 Å². The van der Waals surface area contributed by atoms with Crippen LogP contribution in [-0.2, 0) is 6.42 Å². The molecule has 3 heterocycles. The highest BCUT2D eigenvalue weighted by molar-refractivity contribution is 5.87. The number of para-hydroxylation sites is 1. The Kier molecular flexibility index (Phi) is 4.32. The summed E-state index contributed by atoms with van der Waals surface area (Å²) >= 11 is 0. The van der Waals surface area contributed by atoms with Gasteiger partial charge in [-0.15, -0.1) is 0 Å². The van der Waals surface area contributed by atoms with E-state index in [1.165, 1.54) is 10.9 Å². The van der Waals surface area contributed by atoms with Gasteiger partial charge >= 0.3 is 0 Å². The molecule has 0 amide bonds. The van der Waals surface area contributed by atoms with Crippen molar-refractivity contribution in [2.75, 3.05) is 19.0 Å². The van der Waals surface area contributed by atoms with Crippen molar-refractivity contribution in [1.82, 2.24) is 24.7 Å². The molecule has 5 aromatic rings. The normalized spacial score (nSPS) is 11.2. The van der Waals surface area contributed by atoms with Crippen molar-refractivity contribution >= 4 is 27.8 Å². The van der Waals surface area contributed by atoms with Crippen LogP contribution in [0.25, 0.3) is 27.6 Å². The minimum absolute atomic E-state index is 0.764. The Hall–Kier alpha value is -3.87. The first kappa shape index (κ1) is 17.2. The number of ether oxygens (including phenoxy) is 1. The minimum Gasteiger partial charge on any atom is -0.497 e. The van der Waals surface area contributed by atoms with Gasteiger partial charge in [-0.3, -0.25) is 0 Å². The molecule has 0 saturated carbocycles. The zero-order valence-corrected chi connectivity index (χ0v) is 16.0. The molecule has 2 aromatic carbocycles. The van der Waals surface area contributed by atoms with Crippen LogP contribution in [0.4, 0.5) is 5.82 Å². The van der Waals surface area contributed by atoms with Crippen molar-refractivity contribution in [3.63, 3.8) is 0 Å². The number of anilines is 1. The summed E-state index contributed by atoms with van der Waals surface area (Å²) < 4.78 is 7.03. The summed E-state index contributed by atoms with van der Waals surface area (Å²) in [5.74, 6) is 1.59. The zero-order chi connectivity index (χ0) is 19.6. The topological polar surface area (TPSA) is 80.6 Å². The van der Waals surface area contributed by atoms with Gasteiger partial charge in [-0.2, -0.15) is 5.10 Å². The molecule has 0 bridgehead atoms. The molecule has 0 atom stereocenters. The van der Waals surface area contributed by atoms with Crippen molar-refractivity contribution < 1.29 is 4.74 Å². The number of hydrogen-bond donors (Lipinski definition) is 2. The molecule has 0 saturated heterocycles. The summed E-state index contributed by atoms with van der Waals surface area (Å²) in [5.41, 5.74) is 4.13. The van der Waals surface area contributed by atoms with E-state index in [1.807, 2.05) is 30.3 Å². The second-order valence-corrected chi connectivity index (χ2v) is 6.75. The molecule has 0 aliphatic heterocycles. The molecule has 0 fully saturated rings. The molecule has 0 aliphatic carbocycles. The van der Waals surface area contributed by atoms with Crippen LogP contribution < -0.4 is 10.1 Å². The molecule has 0 spiro atoms. The van der Waals surface area contributed by atoms with Crippen LogP contribution in [0.2, 0.25) is 0 Å². The van der Waals surface area contributed by atoms with E-state index < -0.39 is 0 Å². The maximum atomic E-state index is 5.23. The number of nitrogens with zero attached hydrogens (tertiary/aromatic N) is 4. The third kappa shape index (κ3) is 3.16. The van der Waals surface area contributed by atoms with Gasteiger partial charge in [0.1, 0.15) is 17.9 Å². The zero-order valence-electron chi connectivity index (χ0n) is 16.0. The first-order valence-electron chi connectivity index (χ1n) is 9.45. The van der Waals surface area contributed by atoms with Gasteiger partial charge in [0.25, 0.3) is 0 Å². The molecule has 0 unspecified atom stereocenters. The number of rotatable bonds is 6. The fourth-order valence-electron chi connectivity index (χ4n) is 3.55. The Morgan fingerprint density at radius 3 is 2.76 bits per heavy atom. The number of benzene rings is 2. The van der Waals surface area contributed by atoms with Crippen molar-refractivity contribution in [3.8, 4) is 11.4 Å². The van der Waals surface area contributed by atoms with Crippen LogP contribution in [0, 0.1) is 0 Å². The van der Waals surface area contributed by atoms with Gasteiger partial charge in [-0.1, -0.05) is 18.2 Å². The molecule has 0 radical (unpaired) electrons. The standard InChI is InChI=1S/C22H20N6O/c1-29-17-8-6-16(7-9-17)28-22-19(13-27-28)21(25-14-26-22)23-11-10-15-12-24-20-5-3-2-4-18(15)20/h2-9,12-14,24H,10-11H2,1H3,(H,23,25,26). The van der Waals surface area contributed by atoms with Gasteiger partial charge < -0.3 is 15.0 Å². The number of methoxy groups -OCH3 is 1. The third-order valence-corrected chi connectivity index (χ3v) is 5.04. The summed E-state index contributed by atoms with van der Waals surface area (Å²) in [5, 5.41) is 10.1. The Bertz CT molecular complexity index is 1270. The highest BCUT2D eigenvalue weighted by atomic mass is 16.5. The fraction of sp³-hybridized carbons (Fsp3) is 0.136. The average molecular weight is 384 g/mol. The lowest BCUT2D eigenvalue weighted by atomic mass is 10.1. The molecular weight excluding hydrogens is 364 g/mol. The molecular formula is C22H20N6O. The van der Waals surface area contributed by atoms with Gasteiger partial charge in [0.15, 0.2) is 5.65 Å². The van der Waals surface area contributed by atoms with E-state index in [1.54, 1.807) is 24.3 Å². The van der Waals surface area contributed by atoms with E-state index in [9.17, 15) is 0 Å². The summed E-state index contributed by atoms with van der Waals surface area (Å²) in [6.45, 7) is 0.766. The highest BCUT2D eigenvalue weighted by Crippen LogP contribution is 2.23. The maximum Gasteiger partial charge on any atom is 0.168 e. The van der Waals surface area contributed by atoms with Gasteiger partial charge in [-0.05, 0) is 42.3 Å². The van der Waals surface area contributed by atoms with E-state index >= 15 is 0 Å². The number of hydrogen-bond acceptors (Lipinski definition) is 5. The van der Waals surface area contributed by atoms with Crippen molar-refractivity contribution in [2.24, 2.45) is 0 Å². The van der Waals surface area contributed by atoms with Gasteiger partial charge in [0.05, 0.1) is 24.4 Å². The van der Waals surface area contributed by atoms with Gasteiger partial charge in [-0.25, -0.2) is 14.6 Å². The largest absolute Gasteiger partial charge is 0.497 e. The molecule has 3 aromatic heterocycles. The smallest absolute Gasteiger partial charge is 0.168 e. The van der Waals surface area contributed by atoms with Crippen molar-refractivity contribution in [1.29, 1.82) is 0 Å². The molecule has 0 aliphatic rings. The number of H-pyrrole nitrogens is 1. The average Bonchev–Trinajstić information content (AvgIpc) is 3.39. The molecule has 7 nitrogen and oxygen atoms in total. The number of aromatic nitrogens is 5. The van der Waals surface area contributed by atoms with Gasteiger partial charge in [0.2, 0.25) is 0 Å². The predicted octanol–water partition coefficient (Wildman–Crippen LogP) is 3.96. The van der Waals surface area contributed by atoms with Crippen LogP contribution in [0.15, 0.2) is 67.3 Å². The lowest BCUT2D eigenvalue weighted by molar-refractivity contribution is 0.414. The Morgan fingerprint density at radius 2 is 1.90 bits per heavy atom. The summed E-state index contributed by atoms with van der Waals surface area (Å²) in [7, 11) is 1.65. The van der Waals surface area contributed by atoms with Gasteiger partial charge in [0, 0.05) is 23.6 Å². The molecule has 29 heavy (non-hydrogen) atoms. The Morgan fingerprint density at radius 1 is 1.03 bits per heavy atom. The quantitative estimate of drug-likeness (QED) is 0.463. The molecule has 2 N–H and O–H groups in total. The SMILES string of the molecule is COc1ccc(-n2ncc3c(NCCc4c[nH]c5ccccc45)ncnc32)cc1. The van der Waals surface area contributed by atoms with Crippen LogP contribution in [0.5, 0.6) is 5.75 Å². The van der Waals surface area contributed by atoms with Crippen LogP contribution in [0.1, 0.15) is 5.56 Å². The van der Waals surface area contributed by atoms with E-state index in [2.05, 4.69) is 49.8 Å². The number of aromatic amines is 1. The second-order valence-electron chi connectivity index (χ2n) is 6.75. The number of nitrogens with one attached hydrogen (secondary N) is 2. The van der Waals surface area contributed by atoms with E-state index in [0.29, 0.717) is 0 Å². The summed E-state index contributed by atoms with van der Waals surface area (Å²) in [6, 6.07) is 16.1. The monoisotopic (exact) mass is 384 g/mol. The lowest BCUT2D eigenvalue weighted by Gasteiger charge is -2.07. The molecule has 5 rings (SSSR count). The van der Waals surface area contributed by atoms with Crippen LogP contribution in [0.3, 0.4) is 0 Å². The van der Waals surface area contributed by atoms with Crippen LogP contribution in [-0.4, -0.2) is 38.4 Å². The first-order chi connectivity index (χ1) is 14.3. The lowest BCUT2D eigenvalue weighted by Crippen LogP contribution is -2.07. The van der Waals surface area contributed by atoms with Crippen molar-refractivity contribution in [3.05, 3.63) is 72.8 Å². The van der Waals surface area contributed by atoms with Crippen LogP contribution >= 0.6 is 0 Å². The third-order valence-electron chi connectivity index (χ3n) is 5.04. The minimum atomic E-state index is 0.764. The number of fused-ring (bicyclic) bond motifs is 2. The fourth-order valence-corrected chi connectivity index (χ4v) is 3.55. The predicted molar refractivity (Wildman–Crippen MR) is 114 cm³/mol. The Balaban J connectivity index is 1.37. The summed E-state index contributed by atoms with van der Waals surface area (Å²) in [4.78, 5) is 12.2. The Labute approximate surface area is 167 Å². The van der Waals surface area contributed by atoms with E-state index in [0.717, 1.165) is 46.8 Å². The maximum absolute atomic E-state index is 5.23. The first-order valence-corrected chi connectivity index (χ1v) is 9.45. The second kappa shape index (κ2) is 7.27. The summed E-state index contributed by atoms with van der Waals surface area (Å²) in [6.07, 6.45) is 6.33. The highest BCUT2D eigenvalue weighted by Gasteiger charge is 2.11.